The molecule has 182 valence electrons. The van der Waals surface area contributed by atoms with Crippen molar-refractivity contribution in [3.8, 4) is 0 Å². The number of rotatable bonds is 11. The monoisotopic (exact) mass is 477 g/mol. The normalized spacial score (nSPS) is 24.7. The number of hydrogen-bond acceptors (Lipinski definition) is 11. The highest BCUT2D eigenvalue weighted by Gasteiger charge is 2.47. The van der Waals surface area contributed by atoms with Crippen molar-refractivity contribution in [1.82, 2.24) is 5.32 Å². The van der Waals surface area contributed by atoms with Crippen molar-refractivity contribution in [2.45, 2.75) is 64.3 Å². The molecular weight excluding hydrogens is 446 g/mol. The molecule has 0 aromatic heterocycles. The highest BCUT2D eigenvalue weighted by atomic mass is 32.2. The van der Waals surface area contributed by atoms with Crippen LogP contribution in [0.4, 0.5) is 0 Å². The summed E-state index contributed by atoms with van der Waals surface area (Å²) in [7, 11) is 1.25. The Balaban J connectivity index is 2.76. The molecule has 11 nitrogen and oxygen atoms in total. The molecule has 0 bridgehead atoms. The first-order chi connectivity index (χ1) is 15.0. The summed E-state index contributed by atoms with van der Waals surface area (Å²) in [6.45, 7) is 5.68. The summed E-state index contributed by atoms with van der Waals surface area (Å²) in [6.07, 6.45) is -2.27. The average molecular weight is 478 g/mol. The van der Waals surface area contributed by atoms with Crippen LogP contribution in [-0.2, 0) is 47.7 Å². The molecule has 1 heterocycles. The van der Waals surface area contributed by atoms with Gasteiger partial charge in [0, 0.05) is 45.4 Å². The van der Waals surface area contributed by atoms with Crippen LogP contribution < -0.4 is 5.32 Å². The van der Waals surface area contributed by atoms with Gasteiger partial charge in [0.15, 0.2) is 0 Å². The summed E-state index contributed by atoms with van der Waals surface area (Å²) in [4.78, 5) is 57.4. The van der Waals surface area contributed by atoms with E-state index in [1.165, 1.54) is 39.6 Å². The fourth-order valence-corrected chi connectivity index (χ4v) is 4.24. The van der Waals surface area contributed by atoms with E-state index in [-0.39, 0.29) is 31.9 Å². The Kier molecular flexibility index (Phi) is 12.1. The number of methoxy groups -OCH3 is 1. The first kappa shape index (κ1) is 27.7. The molecule has 0 spiro atoms. The maximum atomic E-state index is 11.8. The van der Waals surface area contributed by atoms with Gasteiger partial charge >= 0.3 is 23.9 Å². The minimum atomic E-state index is -0.786. The minimum Gasteiger partial charge on any atom is -0.469 e. The topological polar surface area (TPSA) is 144 Å². The molecule has 1 N–H and O–H groups in total. The van der Waals surface area contributed by atoms with Gasteiger partial charge in [-0.15, -0.1) is 11.8 Å². The standard InChI is InChI=1S/C20H31NO10S/c1-11-18(29-13(3)23)15(10-28-12(2)22)31-20(19(11)30-14(4)24)32-9-8-21-16(25)6-7-17(26)27-5/h11,15,18-20H,6-10H2,1-5H3,(H,21,25). The van der Waals surface area contributed by atoms with Crippen LogP contribution in [0.25, 0.3) is 0 Å². The van der Waals surface area contributed by atoms with Crippen LogP contribution in [0, 0.1) is 5.92 Å². The fourth-order valence-electron chi connectivity index (χ4n) is 3.07. The summed E-state index contributed by atoms with van der Waals surface area (Å²) < 4.78 is 26.3. The van der Waals surface area contributed by atoms with Crippen molar-refractivity contribution in [3.63, 3.8) is 0 Å². The lowest BCUT2D eigenvalue weighted by Crippen LogP contribution is -2.56. The predicted octanol–water partition coefficient (Wildman–Crippen LogP) is 0.577. The Morgan fingerprint density at radius 1 is 0.938 bits per heavy atom. The maximum Gasteiger partial charge on any atom is 0.306 e. The average Bonchev–Trinajstić information content (AvgIpc) is 2.71. The van der Waals surface area contributed by atoms with E-state index in [0.717, 1.165) is 0 Å². The van der Waals surface area contributed by atoms with Crippen molar-refractivity contribution in [1.29, 1.82) is 0 Å². The molecule has 0 radical (unpaired) electrons. The lowest BCUT2D eigenvalue weighted by atomic mass is 9.91. The Labute approximate surface area is 191 Å². The molecule has 0 aromatic carbocycles. The second-order valence-corrected chi connectivity index (χ2v) is 8.36. The third-order valence-electron chi connectivity index (χ3n) is 4.53. The molecule has 1 amide bonds. The number of carbonyl (C=O) groups is 5. The van der Waals surface area contributed by atoms with Gasteiger partial charge in [0.25, 0.3) is 0 Å². The third kappa shape index (κ3) is 9.86. The van der Waals surface area contributed by atoms with Gasteiger partial charge in [-0.2, -0.15) is 0 Å². The summed E-state index contributed by atoms with van der Waals surface area (Å²) >= 11 is 1.29. The second-order valence-electron chi connectivity index (χ2n) is 7.15. The third-order valence-corrected chi connectivity index (χ3v) is 5.67. The number of hydrogen-bond donors (Lipinski definition) is 1. The minimum absolute atomic E-state index is 0.0113. The highest BCUT2D eigenvalue weighted by Crippen LogP contribution is 2.35. The Morgan fingerprint density at radius 2 is 1.56 bits per heavy atom. The van der Waals surface area contributed by atoms with Crippen LogP contribution in [0.2, 0.25) is 0 Å². The number of esters is 4. The summed E-state index contributed by atoms with van der Waals surface area (Å²) in [5.74, 6) is -2.36. The number of carbonyl (C=O) groups excluding carboxylic acids is 5. The van der Waals surface area contributed by atoms with Crippen LogP contribution in [0.15, 0.2) is 0 Å². The van der Waals surface area contributed by atoms with Gasteiger partial charge < -0.3 is 29.0 Å². The van der Waals surface area contributed by atoms with E-state index in [4.69, 9.17) is 18.9 Å². The molecule has 0 aliphatic carbocycles. The molecule has 1 saturated heterocycles. The molecule has 5 atom stereocenters. The molecule has 1 aliphatic heterocycles. The van der Waals surface area contributed by atoms with E-state index in [1.807, 2.05) is 0 Å². The molecule has 1 fully saturated rings. The van der Waals surface area contributed by atoms with Crippen LogP contribution in [-0.4, -0.2) is 79.5 Å². The highest BCUT2D eigenvalue weighted by molar-refractivity contribution is 7.99. The lowest BCUT2D eigenvalue weighted by Gasteiger charge is -2.43. The molecule has 0 saturated carbocycles. The van der Waals surface area contributed by atoms with Crippen molar-refractivity contribution < 1.29 is 47.7 Å². The second kappa shape index (κ2) is 13.9. The molecule has 1 aliphatic rings. The first-order valence-corrected chi connectivity index (χ1v) is 11.2. The van der Waals surface area contributed by atoms with Crippen LogP contribution in [0.5, 0.6) is 0 Å². The summed E-state index contributed by atoms with van der Waals surface area (Å²) in [5, 5.41) is 2.69. The quantitative estimate of drug-likeness (QED) is 0.253. The largest absolute Gasteiger partial charge is 0.469 e. The summed E-state index contributed by atoms with van der Waals surface area (Å²) in [5.41, 5.74) is -0.645. The van der Waals surface area contributed by atoms with Crippen LogP contribution >= 0.6 is 11.8 Å². The van der Waals surface area contributed by atoms with Gasteiger partial charge in [0.2, 0.25) is 5.91 Å². The zero-order valence-corrected chi connectivity index (χ0v) is 19.7. The zero-order valence-electron chi connectivity index (χ0n) is 18.9. The number of thioether (sulfide) groups is 1. The number of amides is 1. The van der Waals surface area contributed by atoms with E-state index >= 15 is 0 Å². The van der Waals surface area contributed by atoms with Gasteiger partial charge in [0.05, 0.1) is 13.5 Å². The number of nitrogens with one attached hydrogen (secondary N) is 1. The molecule has 0 aromatic rings. The maximum absolute atomic E-state index is 11.8. The van der Waals surface area contributed by atoms with E-state index in [1.54, 1.807) is 6.92 Å². The Bertz CT molecular complexity index is 683. The van der Waals surface area contributed by atoms with E-state index in [9.17, 15) is 24.0 Å². The van der Waals surface area contributed by atoms with Gasteiger partial charge in [-0.1, -0.05) is 6.92 Å². The van der Waals surface area contributed by atoms with Crippen LogP contribution in [0.3, 0.4) is 0 Å². The summed E-state index contributed by atoms with van der Waals surface area (Å²) in [6, 6.07) is 0. The van der Waals surface area contributed by atoms with Crippen LogP contribution in [0.1, 0.15) is 40.5 Å². The number of ether oxygens (including phenoxy) is 5. The van der Waals surface area contributed by atoms with Crippen molar-refractivity contribution in [3.05, 3.63) is 0 Å². The molecular formula is C20H31NO10S. The van der Waals surface area contributed by atoms with E-state index in [2.05, 4.69) is 10.1 Å². The Hall–Kier alpha value is -2.34. The molecule has 1 rings (SSSR count). The first-order valence-electron chi connectivity index (χ1n) is 10.1. The van der Waals surface area contributed by atoms with E-state index in [0.29, 0.717) is 5.75 Å². The van der Waals surface area contributed by atoms with Gasteiger partial charge in [0.1, 0.15) is 30.4 Å². The van der Waals surface area contributed by atoms with Gasteiger partial charge in [-0.3, -0.25) is 24.0 Å². The SMILES string of the molecule is COC(=O)CCC(=O)NCCSC1OC(COC(C)=O)C(OC(C)=O)C(C)C1OC(C)=O. The molecule has 12 heteroatoms. The van der Waals surface area contributed by atoms with E-state index < -0.39 is 53.5 Å². The molecule has 5 unspecified atom stereocenters. The van der Waals surface area contributed by atoms with Crippen molar-refractivity contribution >= 4 is 41.5 Å². The van der Waals surface area contributed by atoms with Gasteiger partial charge in [-0.05, 0) is 0 Å². The Morgan fingerprint density at radius 3 is 2.12 bits per heavy atom. The zero-order chi connectivity index (χ0) is 24.3. The molecule has 32 heavy (non-hydrogen) atoms. The lowest BCUT2D eigenvalue weighted by molar-refractivity contribution is -0.212. The van der Waals surface area contributed by atoms with Gasteiger partial charge in [-0.25, -0.2) is 0 Å². The smallest absolute Gasteiger partial charge is 0.306 e. The van der Waals surface area contributed by atoms with Crippen molar-refractivity contribution in [2.24, 2.45) is 5.92 Å². The van der Waals surface area contributed by atoms with Crippen molar-refractivity contribution in [2.75, 3.05) is 26.0 Å². The predicted molar refractivity (Wildman–Crippen MR) is 112 cm³/mol. The fraction of sp³-hybridized carbons (Fsp3) is 0.750.